The fraction of sp³-hybridized carbons (Fsp3) is 0.765. The summed E-state index contributed by atoms with van der Waals surface area (Å²) in [6, 6.07) is 0. The Morgan fingerprint density at radius 1 is 0.680 bits per heavy atom. The van der Waals surface area contributed by atoms with Gasteiger partial charge < -0.3 is 18.9 Å². The van der Waals surface area contributed by atoms with Crippen LogP contribution in [-0.2, 0) is 38.1 Å². The smallest absolute Gasteiger partial charge is 0.308 e. The van der Waals surface area contributed by atoms with Crippen LogP contribution in [0.4, 0.5) is 0 Å². The zero-order valence-corrected chi connectivity index (χ0v) is 15.5. The number of hydrogen-bond donors (Lipinski definition) is 0. The summed E-state index contributed by atoms with van der Waals surface area (Å²) in [5.74, 6) is -3.75. The molecule has 0 amide bonds. The van der Waals surface area contributed by atoms with Crippen LogP contribution in [0, 0.1) is 17.8 Å². The van der Waals surface area contributed by atoms with Gasteiger partial charge in [-0.25, -0.2) is 0 Å². The molecule has 8 heteroatoms. The molecule has 0 aromatic rings. The van der Waals surface area contributed by atoms with Crippen molar-refractivity contribution in [3.63, 3.8) is 0 Å². The van der Waals surface area contributed by atoms with Crippen molar-refractivity contribution in [3.8, 4) is 0 Å². The van der Waals surface area contributed by atoms with Crippen molar-refractivity contribution in [2.45, 2.75) is 39.0 Å². The van der Waals surface area contributed by atoms with Crippen LogP contribution in [0.1, 0.15) is 39.0 Å². The SMILES string of the molecule is CCC(CC(CC(CCC(=O)OC)C(=O)OC)C(=O)OC)C(=O)OC. The van der Waals surface area contributed by atoms with Gasteiger partial charge in [0.2, 0.25) is 0 Å². The van der Waals surface area contributed by atoms with E-state index in [-0.39, 0.29) is 25.7 Å². The Kier molecular flexibility index (Phi) is 11.2. The summed E-state index contributed by atoms with van der Waals surface area (Å²) >= 11 is 0. The van der Waals surface area contributed by atoms with Crippen molar-refractivity contribution in [2.24, 2.45) is 17.8 Å². The predicted molar refractivity (Wildman–Crippen MR) is 87.3 cm³/mol. The summed E-state index contributed by atoms with van der Waals surface area (Å²) in [6.45, 7) is 1.81. The summed E-state index contributed by atoms with van der Waals surface area (Å²) in [5.41, 5.74) is 0. The third kappa shape index (κ3) is 8.00. The maximum atomic E-state index is 12.1. The number of esters is 4. The van der Waals surface area contributed by atoms with Gasteiger partial charge in [-0.2, -0.15) is 0 Å². The molecule has 25 heavy (non-hydrogen) atoms. The first kappa shape index (κ1) is 22.9. The van der Waals surface area contributed by atoms with Gasteiger partial charge in [-0.3, -0.25) is 19.2 Å². The molecule has 3 unspecified atom stereocenters. The number of carbonyl (C=O) groups excluding carboxylic acids is 4. The molecular formula is C17H28O8. The van der Waals surface area contributed by atoms with Crippen molar-refractivity contribution in [1.29, 1.82) is 0 Å². The van der Waals surface area contributed by atoms with Crippen LogP contribution in [0.3, 0.4) is 0 Å². The van der Waals surface area contributed by atoms with Crippen LogP contribution in [0.25, 0.3) is 0 Å². The van der Waals surface area contributed by atoms with Gasteiger partial charge in [-0.05, 0) is 25.7 Å². The van der Waals surface area contributed by atoms with Gasteiger partial charge in [0.25, 0.3) is 0 Å². The molecule has 0 aliphatic carbocycles. The molecule has 0 heterocycles. The summed E-state index contributed by atoms with van der Waals surface area (Å²) in [5, 5.41) is 0. The Morgan fingerprint density at radius 2 is 1.12 bits per heavy atom. The molecule has 0 fully saturated rings. The molecule has 0 rings (SSSR count). The second-order valence-corrected chi connectivity index (χ2v) is 5.65. The van der Waals surface area contributed by atoms with Crippen molar-refractivity contribution in [3.05, 3.63) is 0 Å². The van der Waals surface area contributed by atoms with Gasteiger partial charge >= 0.3 is 23.9 Å². The first-order valence-corrected chi connectivity index (χ1v) is 8.14. The molecule has 0 bridgehead atoms. The van der Waals surface area contributed by atoms with Crippen LogP contribution in [0.15, 0.2) is 0 Å². The molecule has 0 aromatic carbocycles. The molecule has 0 radical (unpaired) electrons. The second-order valence-electron chi connectivity index (χ2n) is 5.65. The quantitative estimate of drug-likeness (QED) is 0.403. The lowest BCUT2D eigenvalue weighted by molar-refractivity contribution is -0.152. The highest BCUT2D eigenvalue weighted by Gasteiger charge is 2.32. The van der Waals surface area contributed by atoms with Gasteiger partial charge in [-0.1, -0.05) is 6.92 Å². The van der Waals surface area contributed by atoms with Gasteiger partial charge in [0, 0.05) is 6.42 Å². The Morgan fingerprint density at radius 3 is 1.56 bits per heavy atom. The van der Waals surface area contributed by atoms with E-state index in [0.717, 1.165) is 0 Å². The molecule has 0 aliphatic rings. The first-order chi connectivity index (χ1) is 11.8. The molecule has 0 saturated heterocycles. The third-order valence-corrected chi connectivity index (χ3v) is 4.16. The lowest BCUT2D eigenvalue weighted by Gasteiger charge is -2.23. The highest BCUT2D eigenvalue weighted by atomic mass is 16.5. The van der Waals surface area contributed by atoms with E-state index in [4.69, 9.17) is 14.2 Å². The monoisotopic (exact) mass is 360 g/mol. The zero-order valence-electron chi connectivity index (χ0n) is 15.5. The fourth-order valence-corrected chi connectivity index (χ4v) is 2.63. The van der Waals surface area contributed by atoms with Crippen LogP contribution in [0.2, 0.25) is 0 Å². The molecule has 0 spiro atoms. The highest BCUT2D eigenvalue weighted by molar-refractivity contribution is 5.78. The summed E-state index contributed by atoms with van der Waals surface area (Å²) in [6.07, 6.45) is 1.01. The third-order valence-electron chi connectivity index (χ3n) is 4.16. The largest absolute Gasteiger partial charge is 0.469 e. The van der Waals surface area contributed by atoms with E-state index in [0.29, 0.717) is 6.42 Å². The van der Waals surface area contributed by atoms with E-state index in [1.165, 1.54) is 28.4 Å². The Hall–Kier alpha value is -2.12. The normalized spacial score (nSPS) is 14.0. The molecule has 3 atom stereocenters. The van der Waals surface area contributed by atoms with Crippen LogP contribution in [-0.4, -0.2) is 52.3 Å². The van der Waals surface area contributed by atoms with Crippen LogP contribution >= 0.6 is 0 Å². The molecule has 144 valence electrons. The van der Waals surface area contributed by atoms with E-state index in [1.807, 2.05) is 6.92 Å². The lowest BCUT2D eigenvalue weighted by Crippen LogP contribution is -2.29. The summed E-state index contributed by atoms with van der Waals surface area (Å²) in [4.78, 5) is 47.2. The van der Waals surface area contributed by atoms with Gasteiger partial charge in [0.15, 0.2) is 0 Å². The van der Waals surface area contributed by atoms with Crippen molar-refractivity contribution >= 4 is 23.9 Å². The number of methoxy groups -OCH3 is 4. The highest BCUT2D eigenvalue weighted by Crippen LogP contribution is 2.27. The zero-order chi connectivity index (χ0) is 19.4. The van der Waals surface area contributed by atoms with Crippen molar-refractivity contribution in [1.82, 2.24) is 0 Å². The summed E-state index contributed by atoms with van der Waals surface area (Å²) in [7, 11) is 5.03. The number of carbonyl (C=O) groups is 4. The average Bonchev–Trinajstić information content (AvgIpc) is 2.65. The van der Waals surface area contributed by atoms with E-state index in [9.17, 15) is 19.2 Å². The van der Waals surface area contributed by atoms with Crippen molar-refractivity contribution in [2.75, 3.05) is 28.4 Å². The standard InChI is InChI=1S/C17H28O8/c1-6-11(15(19)23-3)9-13(17(21)25-5)10-12(16(20)24-4)7-8-14(18)22-2/h11-13H,6-10H2,1-5H3. The molecular weight excluding hydrogens is 332 g/mol. The minimum atomic E-state index is -0.684. The molecule has 0 aromatic heterocycles. The van der Waals surface area contributed by atoms with Crippen molar-refractivity contribution < 1.29 is 38.1 Å². The summed E-state index contributed by atoms with van der Waals surface area (Å²) < 4.78 is 18.9. The maximum Gasteiger partial charge on any atom is 0.308 e. The number of rotatable bonds is 11. The van der Waals surface area contributed by atoms with E-state index < -0.39 is 41.6 Å². The van der Waals surface area contributed by atoms with Gasteiger partial charge in [0.05, 0.1) is 46.2 Å². The molecule has 0 saturated carbocycles. The Bertz CT molecular complexity index is 460. The molecule has 8 nitrogen and oxygen atoms in total. The minimum Gasteiger partial charge on any atom is -0.469 e. The predicted octanol–water partition coefficient (Wildman–Crippen LogP) is 1.50. The van der Waals surface area contributed by atoms with Crippen LogP contribution < -0.4 is 0 Å². The molecule has 0 N–H and O–H groups in total. The lowest BCUT2D eigenvalue weighted by atomic mass is 9.84. The maximum absolute atomic E-state index is 12.1. The van der Waals surface area contributed by atoms with E-state index in [2.05, 4.69) is 4.74 Å². The van der Waals surface area contributed by atoms with Crippen LogP contribution in [0.5, 0.6) is 0 Å². The first-order valence-electron chi connectivity index (χ1n) is 8.14. The minimum absolute atomic E-state index is 0.0262. The van der Waals surface area contributed by atoms with E-state index in [1.54, 1.807) is 0 Å². The number of ether oxygens (including phenoxy) is 4. The van der Waals surface area contributed by atoms with Gasteiger partial charge in [-0.15, -0.1) is 0 Å². The fourth-order valence-electron chi connectivity index (χ4n) is 2.63. The average molecular weight is 360 g/mol. The molecule has 0 aliphatic heterocycles. The Labute approximate surface area is 148 Å². The number of hydrogen-bond acceptors (Lipinski definition) is 8. The van der Waals surface area contributed by atoms with Gasteiger partial charge in [0.1, 0.15) is 0 Å². The topological polar surface area (TPSA) is 105 Å². The van der Waals surface area contributed by atoms with E-state index >= 15 is 0 Å². The Balaban J connectivity index is 5.19. The second kappa shape index (κ2) is 12.3.